The van der Waals surface area contributed by atoms with Gasteiger partial charge in [0.1, 0.15) is 5.69 Å². The van der Waals surface area contributed by atoms with E-state index in [4.69, 9.17) is 4.74 Å². The molecule has 0 fully saturated rings. The molecule has 7 heteroatoms. The maximum Gasteiger partial charge on any atom is 0.338 e. The molecule has 0 aliphatic heterocycles. The van der Waals surface area contributed by atoms with Crippen LogP contribution >= 0.6 is 0 Å². The van der Waals surface area contributed by atoms with Gasteiger partial charge in [-0.1, -0.05) is 35.9 Å². The highest BCUT2D eigenvalue weighted by Gasteiger charge is 2.19. The van der Waals surface area contributed by atoms with E-state index < -0.39 is 18.5 Å². The molecule has 0 aliphatic rings. The Bertz CT molecular complexity index is 1130. The highest BCUT2D eigenvalue weighted by molar-refractivity contribution is 5.96. The Labute approximate surface area is 168 Å². The number of hydrogen-bond donors (Lipinski definition) is 1. The molecule has 1 amide bonds. The van der Waals surface area contributed by atoms with Crippen LogP contribution in [0.1, 0.15) is 27.2 Å². The lowest BCUT2D eigenvalue weighted by Gasteiger charge is -2.08. The fourth-order valence-corrected chi connectivity index (χ4v) is 3.05. The number of esters is 1. The van der Waals surface area contributed by atoms with Crippen molar-refractivity contribution in [3.05, 3.63) is 81.3 Å². The first-order chi connectivity index (χ1) is 13.8. The maximum absolute atomic E-state index is 12.8. The third-order valence-electron chi connectivity index (χ3n) is 4.77. The van der Waals surface area contributed by atoms with Crippen LogP contribution in [-0.4, -0.2) is 27.8 Å². The van der Waals surface area contributed by atoms with E-state index in [1.807, 2.05) is 37.3 Å². The first-order valence-corrected chi connectivity index (χ1v) is 9.18. The summed E-state index contributed by atoms with van der Waals surface area (Å²) in [5, 5.41) is 2.57. The molecule has 0 unspecified atom stereocenters. The van der Waals surface area contributed by atoms with Crippen molar-refractivity contribution in [2.75, 3.05) is 11.9 Å². The Morgan fingerprint density at radius 2 is 1.72 bits per heavy atom. The number of aryl methyl sites for hydroxylation is 2. The molecule has 150 valence electrons. The van der Waals surface area contributed by atoms with E-state index in [0.717, 1.165) is 11.1 Å². The summed E-state index contributed by atoms with van der Waals surface area (Å²) in [6.45, 7) is 4.93. The van der Waals surface area contributed by atoms with Crippen molar-refractivity contribution < 1.29 is 14.3 Å². The number of hydrogen-bond acceptors (Lipinski definition) is 4. The third kappa shape index (κ3) is 4.13. The number of benzene rings is 2. The topological polar surface area (TPSA) is 82.3 Å². The molecule has 1 aromatic heterocycles. The number of anilines is 1. The van der Waals surface area contributed by atoms with Crippen molar-refractivity contribution in [1.82, 2.24) is 9.36 Å². The van der Waals surface area contributed by atoms with Gasteiger partial charge < -0.3 is 10.1 Å². The summed E-state index contributed by atoms with van der Waals surface area (Å²) in [5.74, 6) is -1.15. The summed E-state index contributed by atoms with van der Waals surface area (Å²) < 4.78 is 8.26. The number of carbonyl (C=O) groups excluding carboxylic acids is 2. The molecule has 3 rings (SSSR count). The second-order valence-corrected chi connectivity index (χ2v) is 6.88. The Balaban J connectivity index is 1.74. The van der Waals surface area contributed by atoms with Gasteiger partial charge in [0.2, 0.25) is 0 Å². The van der Waals surface area contributed by atoms with Gasteiger partial charge in [-0.2, -0.15) is 0 Å². The first-order valence-electron chi connectivity index (χ1n) is 9.18. The van der Waals surface area contributed by atoms with Gasteiger partial charge >= 0.3 is 5.97 Å². The van der Waals surface area contributed by atoms with E-state index in [-0.39, 0.29) is 11.2 Å². The highest BCUT2D eigenvalue weighted by atomic mass is 16.5. The number of carbonyl (C=O) groups is 2. The van der Waals surface area contributed by atoms with Gasteiger partial charge in [0, 0.05) is 7.05 Å². The molecule has 0 bridgehead atoms. The first kappa shape index (κ1) is 20.1. The van der Waals surface area contributed by atoms with E-state index in [9.17, 15) is 14.4 Å². The van der Waals surface area contributed by atoms with E-state index in [1.54, 1.807) is 43.8 Å². The second kappa shape index (κ2) is 8.18. The van der Waals surface area contributed by atoms with Gasteiger partial charge in [-0.25, -0.2) is 9.48 Å². The molecule has 1 N–H and O–H groups in total. The second-order valence-electron chi connectivity index (χ2n) is 6.88. The quantitative estimate of drug-likeness (QED) is 0.676. The van der Waals surface area contributed by atoms with Gasteiger partial charge in [-0.3, -0.25) is 14.3 Å². The van der Waals surface area contributed by atoms with Gasteiger partial charge in [0.25, 0.3) is 11.5 Å². The predicted octanol–water partition coefficient (Wildman–Crippen LogP) is 2.90. The Morgan fingerprint density at radius 1 is 1.03 bits per heavy atom. The van der Waals surface area contributed by atoms with Crippen LogP contribution in [-0.2, 0) is 16.6 Å². The number of rotatable bonds is 5. The molecule has 0 saturated carbocycles. The zero-order valence-corrected chi connectivity index (χ0v) is 16.9. The monoisotopic (exact) mass is 393 g/mol. The standard InChI is InChI=1S/C22H23N3O4/c1-14-10-11-15(2)18(12-14)22(28)29-13-19(26)23-20-16(3)24(4)25(21(20)27)17-8-6-5-7-9-17/h5-12H,13H2,1-4H3,(H,23,26). The summed E-state index contributed by atoms with van der Waals surface area (Å²) in [7, 11) is 1.74. The SMILES string of the molecule is Cc1ccc(C)c(C(=O)OCC(=O)Nc2c(C)n(C)n(-c3ccccc3)c2=O)c1. The van der Waals surface area contributed by atoms with E-state index in [0.29, 0.717) is 16.9 Å². The summed E-state index contributed by atoms with van der Waals surface area (Å²) >= 11 is 0. The Hall–Kier alpha value is -3.61. The number of nitrogens with one attached hydrogen (secondary N) is 1. The van der Waals surface area contributed by atoms with E-state index in [2.05, 4.69) is 5.32 Å². The molecule has 0 radical (unpaired) electrons. The number of ether oxygens (including phenoxy) is 1. The van der Waals surface area contributed by atoms with Crippen LogP contribution in [0.5, 0.6) is 0 Å². The lowest BCUT2D eigenvalue weighted by atomic mass is 10.1. The summed E-state index contributed by atoms with van der Waals surface area (Å²) in [5.41, 5.74) is 3.19. The predicted molar refractivity (Wildman–Crippen MR) is 111 cm³/mol. The van der Waals surface area contributed by atoms with Crippen LogP contribution in [0, 0.1) is 20.8 Å². The minimum absolute atomic E-state index is 0.157. The summed E-state index contributed by atoms with van der Waals surface area (Å²) in [4.78, 5) is 37.4. The van der Waals surface area contributed by atoms with Crippen LogP contribution in [0.25, 0.3) is 5.69 Å². The third-order valence-corrected chi connectivity index (χ3v) is 4.77. The summed E-state index contributed by atoms with van der Waals surface area (Å²) in [6.07, 6.45) is 0. The molecule has 0 aliphatic carbocycles. The Morgan fingerprint density at radius 3 is 2.41 bits per heavy atom. The van der Waals surface area contributed by atoms with Crippen molar-refractivity contribution in [3.63, 3.8) is 0 Å². The molecule has 0 atom stereocenters. The van der Waals surface area contributed by atoms with Crippen LogP contribution in [0.4, 0.5) is 5.69 Å². The normalized spacial score (nSPS) is 10.6. The molecule has 0 spiro atoms. The van der Waals surface area contributed by atoms with Gasteiger partial charge in [0.15, 0.2) is 6.61 Å². The number of aromatic nitrogens is 2. The number of para-hydroxylation sites is 1. The molecular weight excluding hydrogens is 370 g/mol. The van der Waals surface area contributed by atoms with Crippen molar-refractivity contribution in [1.29, 1.82) is 0 Å². The minimum Gasteiger partial charge on any atom is -0.452 e. The van der Waals surface area contributed by atoms with Crippen LogP contribution in [0.3, 0.4) is 0 Å². The van der Waals surface area contributed by atoms with Crippen molar-refractivity contribution in [2.45, 2.75) is 20.8 Å². The molecule has 2 aromatic carbocycles. The van der Waals surface area contributed by atoms with Gasteiger partial charge in [-0.05, 0) is 44.5 Å². The number of nitrogens with zero attached hydrogens (tertiary/aromatic N) is 2. The highest BCUT2D eigenvalue weighted by Crippen LogP contribution is 2.15. The minimum atomic E-state index is -0.576. The average Bonchev–Trinajstić information content (AvgIpc) is 2.92. The summed E-state index contributed by atoms with van der Waals surface area (Å²) in [6, 6.07) is 14.6. The molecule has 29 heavy (non-hydrogen) atoms. The van der Waals surface area contributed by atoms with E-state index >= 15 is 0 Å². The van der Waals surface area contributed by atoms with E-state index in [1.165, 1.54) is 4.68 Å². The van der Waals surface area contributed by atoms with Crippen LogP contribution < -0.4 is 10.9 Å². The zero-order chi connectivity index (χ0) is 21.1. The van der Waals surface area contributed by atoms with Crippen molar-refractivity contribution >= 4 is 17.6 Å². The lowest BCUT2D eigenvalue weighted by Crippen LogP contribution is -2.26. The van der Waals surface area contributed by atoms with Crippen molar-refractivity contribution in [2.24, 2.45) is 7.05 Å². The van der Waals surface area contributed by atoms with Gasteiger partial charge in [0.05, 0.1) is 16.9 Å². The lowest BCUT2D eigenvalue weighted by molar-refractivity contribution is -0.119. The fourth-order valence-electron chi connectivity index (χ4n) is 3.05. The van der Waals surface area contributed by atoms with Crippen molar-refractivity contribution in [3.8, 4) is 5.69 Å². The van der Waals surface area contributed by atoms with Gasteiger partial charge in [-0.15, -0.1) is 0 Å². The zero-order valence-electron chi connectivity index (χ0n) is 16.9. The molecule has 3 aromatic rings. The molecule has 0 saturated heterocycles. The fraction of sp³-hybridized carbons (Fsp3) is 0.227. The molecular formula is C22H23N3O4. The molecule has 1 heterocycles. The largest absolute Gasteiger partial charge is 0.452 e. The Kier molecular flexibility index (Phi) is 5.68. The van der Waals surface area contributed by atoms with Crippen LogP contribution in [0.15, 0.2) is 53.3 Å². The average molecular weight is 393 g/mol. The maximum atomic E-state index is 12.8. The molecule has 7 nitrogen and oxygen atoms in total. The van der Waals surface area contributed by atoms with Crippen LogP contribution in [0.2, 0.25) is 0 Å². The number of amides is 1. The smallest absolute Gasteiger partial charge is 0.338 e.